The quantitative estimate of drug-likeness (QED) is 0.662. The number of imidazole rings is 1. The zero-order valence-electron chi connectivity index (χ0n) is 10.3. The molecule has 1 aromatic heterocycles. The Morgan fingerprint density at radius 3 is 2.60 bits per heavy atom. The maximum Gasteiger partial charge on any atom is 0.323 e. The van der Waals surface area contributed by atoms with E-state index in [1.54, 1.807) is 6.07 Å². The molecule has 0 aliphatic carbocycles. The van der Waals surface area contributed by atoms with Gasteiger partial charge in [-0.05, 0) is 35.4 Å². The van der Waals surface area contributed by atoms with Crippen LogP contribution in [0.3, 0.4) is 0 Å². The molecule has 20 heavy (non-hydrogen) atoms. The number of hydrogen-bond donors (Lipinski definition) is 3. The van der Waals surface area contributed by atoms with Crippen LogP contribution in [0.5, 0.6) is 0 Å². The summed E-state index contributed by atoms with van der Waals surface area (Å²) in [5.41, 5.74) is 9.42. The zero-order valence-corrected chi connectivity index (χ0v) is 12.6. The van der Waals surface area contributed by atoms with Crippen molar-refractivity contribution in [2.75, 3.05) is 0 Å². The first kappa shape index (κ1) is 13.4. The fourth-order valence-corrected chi connectivity index (χ4v) is 3.11. The van der Waals surface area contributed by atoms with Crippen molar-refractivity contribution in [2.45, 2.75) is 6.04 Å². The van der Waals surface area contributed by atoms with Crippen molar-refractivity contribution >= 4 is 38.6 Å². The van der Waals surface area contributed by atoms with E-state index in [1.807, 2.05) is 30.3 Å². The summed E-state index contributed by atoms with van der Waals surface area (Å²) in [4.78, 5) is 16.7. The van der Waals surface area contributed by atoms with Crippen LogP contribution in [0.2, 0.25) is 5.02 Å². The summed E-state index contributed by atoms with van der Waals surface area (Å²) < 4.78 is 0.861. The highest BCUT2D eigenvalue weighted by molar-refractivity contribution is 9.10. The predicted molar refractivity (Wildman–Crippen MR) is 84.1 cm³/mol. The van der Waals surface area contributed by atoms with Crippen LogP contribution in [0.15, 0.2) is 45.7 Å². The lowest BCUT2D eigenvalue weighted by Gasteiger charge is -2.14. The summed E-state index contributed by atoms with van der Waals surface area (Å²) in [6.07, 6.45) is 0. The van der Waals surface area contributed by atoms with Crippen LogP contribution in [0, 0.1) is 0 Å². The van der Waals surface area contributed by atoms with Gasteiger partial charge in [0.05, 0.1) is 17.1 Å². The number of aromatic amines is 2. The SMILES string of the molecule is NC(c1ccc2[nH]c(=O)[nH]c2c1)c1ccc(Cl)cc1Br. The first-order valence-corrected chi connectivity index (χ1v) is 7.14. The predicted octanol–water partition coefficient (Wildman–Crippen LogP) is 3.32. The largest absolute Gasteiger partial charge is 0.323 e. The molecule has 3 rings (SSSR count). The molecule has 2 aromatic carbocycles. The third-order valence-electron chi connectivity index (χ3n) is 3.20. The Morgan fingerprint density at radius 2 is 1.85 bits per heavy atom. The Morgan fingerprint density at radius 1 is 1.10 bits per heavy atom. The summed E-state index contributed by atoms with van der Waals surface area (Å²) in [5, 5.41) is 0.651. The van der Waals surface area contributed by atoms with Crippen LogP contribution in [-0.4, -0.2) is 9.97 Å². The fourth-order valence-electron chi connectivity index (χ4n) is 2.18. The van der Waals surface area contributed by atoms with Gasteiger partial charge in [-0.1, -0.05) is 39.7 Å². The molecule has 0 amide bonds. The van der Waals surface area contributed by atoms with Crippen LogP contribution < -0.4 is 11.4 Å². The summed E-state index contributed by atoms with van der Waals surface area (Å²) >= 11 is 9.40. The lowest BCUT2D eigenvalue weighted by Crippen LogP contribution is -2.12. The van der Waals surface area contributed by atoms with Crippen molar-refractivity contribution in [1.29, 1.82) is 0 Å². The average molecular weight is 353 g/mol. The van der Waals surface area contributed by atoms with Gasteiger partial charge in [-0.25, -0.2) is 4.79 Å². The minimum Gasteiger partial charge on any atom is -0.320 e. The van der Waals surface area contributed by atoms with E-state index in [1.165, 1.54) is 0 Å². The van der Waals surface area contributed by atoms with Gasteiger partial charge >= 0.3 is 5.69 Å². The van der Waals surface area contributed by atoms with Gasteiger partial charge in [-0.3, -0.25) is 0 Å². The second kappa shape index (κ2) is 5.09. The number of halogens is 2. The van der Waals surface area contributed by atoms with Crippen molar-refractivity contribution in [3.63, 3.8) is 0 Å². The number of hydrogen-bond acceptors (Lipinski definition) is 2. The van der Waals surface area contributed by atoms with Crippen LogP contribution in [0.4, 0.5) is 0 Å². The molecule has 0 bridgehead atoms. The molecule has 4 nitrogen and oxygen atoms in total. The number of rotatable bonds is 2. The summed E-state index contributed by atoms with van der Waals surface area (Å²) in [6, 6.07) is 10.8. The second-order valence-electron chi connectivity index (χ2n) is 4.53. The molecule has 102 valence electrons. The standard InChI is InChI=1S/C14H11BrClN3O/c15-10-6-8(16)2-3-9(10)13(17)7-1-4-11-12(5-7)19-14(20)18-11/h1-6,13H,17H2,(H2,18,19,20). The van der Waals surface area contributed by atoms with E-state index < -0.39 is 0 Å². The summed E-state index contributed by atoms with van der Waals surface area (Å²) in [5.74, 6) is 0. The van der Waals surface area contributed by atoms with Crippen LogP contribution in [0.1, 0.15) is 17.2 Å². The molecule has 1 atom stereocenters. The van der Waals surface area contributed by atoms with Crippen molar-refractivity contribution in [2.24, 2.45) is 5.73 Å². The van der Waals surface area contributed by atoms with E-state index in [4.69, 9.17) is 17.3 Å². The smallest absolute Gasteiger partial charge is 0.320 e. The van der Waals surface area contributed by atoms with Crippen molar-refractivity contribution in [3.05, 3.63) is 67.5 Å². The molecule has 3 aromatic rings. The topological polar surface area (TPSA) is 74.7 Å². The third-order valence-corrected chi connectivity index (χ3v) is 4.12. The molecule has 0 saturated carbocycles. The fraction of sp³-hybridized carbons (Fsp3) is 0.0714. The van der Waals surface area contributed by atoms with E-state index in [-0.39, 0.29) is 11.7 Å². The minimum absolute atomic E-state index is 0.224. The molecule has 6 heteroatoms. The van der Waals surface area contributed by atoms with Gasteiger partial charge in [0.25, 0.3) is 0 Å². The van der Waals surface area contributed by atoms with Gasteiger partial charge in [0.2, 0.25) is 0 Å². The van der Waals surface area contributed by atoms with Gasteiger partial charge < -0.3 is 15.7 Å². The second-order valence-corrected chi connectivity index (χ2v) is 5.82. The van der Waals surface area contributed by atoms with Gasteiger partial charge in [-0.2, -0.15) is 0 Å². The third kappa shape index (κ3) is 2.40. The molecule has 1 heterocycles. The lowest BCUT2D eigenvalue weighted by molar-refractivity contribution is 0.867. The first-order valence-electron chi connectivity index (χ1n) is 5.97. The number of aromatic nitrogens is 2. The van der Waals surface area contributed by atoms with Crippen molar-refractivity contribution in [1.82, 2.24) is 9.97 Å². The number of nitrogens with two attached hydrogens (primary N) is 1. The number of benzene rings is 2. The van der Waals surface area contributed by atoms with Gasteiger partial charge in [0.15, 0.2) is 0 Å². The molecule has 4 N–H and O–H groups in total. The highest BCUT2D eigenvalue weighted by Crippen LogP contribution is 2.29. The molecule has 0 fully saturated rings. The number of nitrogens with one attached hydrogen (secondary N) is 2. The normalized spacial score (nSPS) is 12.8. The highest BCUT2D eigenvalue weighted by atomic mass is 79.9. The number of fused-ring (bicyclic) bond motifs is 1. The van der Waals surface area contributed by atoms with Crippen LogP contribution >= 0.6 is 27.5 Å². The monoisotopic (exact) mass is 351 g/mol. The Balaban J connectivity index is 2.06. The summed E-state index contributed by atoms with van der Waals surface area (Å²) in [7, 11) is 0. The molecule has 0 radical (unpaired) electrons. The van der Waals surface area contributed by atoms with Gasteiger partial charge in [0.1, 0.15) is 0 Å². The van der Waals surface area contributed by atoms with Gasteiger partial charge in [-0.15, -0.1) is 0 Å². The molecule has 0 aliphatic rings. The van der Waals surface area contributed by atoms with E-state index >= 15 is 0 Å². The molecular weight excluding hydrogens is 342 g/mol. The maximum atomic E-state index is 11.3. The minimum atomic E-state index is -0.301. The van der Waals surface area contributed by atoms with Crippen LogP contribution in [-0.2, 0) is 0 Å². The van der Waals surface area contributed by atoms with E-state index in [0.717, 1.165) is 26.6 Å². The Bertz CT molecular complexity index is 840. The lowest BCUT2D eigenvalue weighted by atomic mass is 9.99. The molecular formula is C14H11BrClN3O. The first-order chi connectivity index (χ1) is 9.54. The van der Waals surface area contributed by atoms with E-state index in [2.05, 4.69) is 25.9 Å². The van der Waals surface area contributed by atoms with Crippen molar-refractivity contribution in [3.8, 4) is 0 Å². The molecule has 0 spiro atoms. The van der Waals surface area contributed by atoms with Gasteiger partial charge in [0, 0.05) is 9.50 Å². The zero-order chi connectivity index (χ0) is 14.3. The Labute approximate surface area is 128 Å². The Kier molecular flexibility index (Phi) is 3.41. The molecule has 1 unspecified atom stereocenters. The molecule has 0 aliphatic heterocycles. The van der Waals surface area contributed by atoms with E-state index in [0.29, 0.717) is 5.02 Å². The van der Waals surface area contributed by atoms with Crippen molar-refractivity contribution < 1.29 is 0 Å². The van der Waals surface area contributed by atoms with Crippen LogP contribution in [0.25, 0.3) is 11.0 Å². The maximum absolute atomic E-state index is 11.3. The Hall–Kier alpha value is -1.56. The number of H-pyrrole nitrogens is 2. The van der Waals surface area contributed by atoms with E-state index in [9.17, 15) is 4.79 Å². The summed E-state index contributed by atoms with van der Waals surface area (Å²) in [6.45, 7) is 0. The molecule has 0 saturated heterocycles. The average Bonchev–Trinajstić information content (AvgIpc) is 2.77. The highest BCUT2D eigenvalue weighted by Gasteiger charge is 2.13.